The first-order chi connectivity index (χ1) is 15.0. The van der Waals surface area contributed by atoms with Crippen molar-refractivity contribution in [1.82, 2.24) is 14.5 Å². The van der Waals surface area contributed by atoms with Crippen LogP contribution in [0.1, 0.15) is 46.3 Å². The van der Waals surface area contributed by atoms with Gasteiger partial charge in [0.05, 0.1) is 18.9 Å². The summed E-state index contributed by atoms with van der Waals surface area (Å²) in [4.78, 5) is 31.2. The second-order valence-electron chi connectivity index (χ2n) is 7.55. The van der Waals surface area contributed by atoms with Gasteiger partial charge in [-0.25, -0.2) is 9.78 Å². The number of ether oxygens (including phenoxy) is 1. The first kappa shape index (κ1) is 20.9. The molecule has 3 N–H and O–H groups in total. The van der Waals surface area contributed by atoms with E-state index in [2.05, 4.69) is 9.55 Å². The van der Waals surface area contributed by atoms with Crippen LogP contribution >= 0.6 is 0 Å². The van der Waals surface area contributed by atoms with Gasteiger partial charge in [0.2, 0.25) is 0 Å². The van der Waals surface area contributed by atoms with Gasteiger partial charge < -0.3 is 24.5 Å². The fourth-order valence-corrected chi connectivity index (χ4v) is 4.19. The lowest BCUT2D eigenvalue weighted by atomic mass is 10.0. The lowest BCUT2D eigenvalue weighted by Crippen LogP contribution is -2.20. The Morgan fingerprint density at radius 3 is 2.74 bits per heavy atom. The summed E-state index contributed by atoms with van der Waals surface area (Å²) < 4.78 is 7.94. The predicted octanol–water partition coefficient (Wildman–Crippen LogP) is 2.91. The Balaban J connectivity index is 1.64. The second-order valence-corrected chi connectivity index (χ2v) is 7.55. The van der Waals surface area contributed by atoms with Crippen molar-refractivity contribution in [2.45, 2.75) is 45.8 Å². The zero-order chi connectivity index (χ0) is 22.0. The van der Waals surface area contributed by atoms with Gasteiger partial charge in [0, 0.05) is 24.2 Å². The third-order valence-corrected chi connectivity index (χ3v) is 5.63. The number of nitrogens with zero attached hydrogens (tertiary/aromatic N) is 2. The topological polar surface area (TPSA) is 117 Å². The van der Waals surface area contributed by atoms with Gasteiger partial charge in [0.1, 0.15) is 17.3 Å². The average Bonchev–Trinajstić information content (AvgIpc) is 3.00. The molecule has 1 aliphatic rings. The van der Waals surface area contributed by atoms with Gasteiger partial charge in [-0.15, -0.1) is 0 Å². The minimum Gasteiger partial charge on any atom is -0.506 e. The molecule has 0 fully saturated rings. The number of aromatic carboxylic acids is 1. The first-order valence-electron chi connectivity index (χ1n) is 10.4. The molecule has 0 saturated heterocycles. The highest BCUT2D eigenvalue weighted by atomic mass is 16.5. The maximum atomic E-state index is 12.3. The molecule has 8 nitrogen and oxygen atoms in total. The van der Waals surface area contributed by atoms with Crippen LogP contribution in [0.15, 0.2) is 35.1 Å². The quantitative estimate of drug-likeness (QED) is 0.503. The lowest BCUT2D eigenvalue weighted by molar-refractivity contribution is 0.0691. The Kier molecular flexibility index (Phi) is 5.90. The van der Waals surface area contributed by atoms with Crippen molar-refractivity contribution in [3.8, 4) is 17.1 Å². The van der Waals surface area contributed by atoms with Gasteiger partial charge in [-0.05, 0) is 31.7 Å². The summed E-state index contributed by atoms with van der Waals surface area (Å²) in [6.45, 7) is 3.78. The molecular formula is C23H25N3O5. The minimum atomic E-state index is -1.44. The van der Waals surface area contributed by atoms with Crippen LogP contribution in [-0.4, -0.2) is 37.3 Å². The molecule has 0 spiro atoms. The highest BCUT2D eigenvalue weighted by molar-refractivity contribution is 5.92. The highest BCUT2D eigenvalue weighted by Crippen LogP contribution is 2.36. The maximum absolute atomic E-state index is 12.3. The van der Waals surface area contributed by atoms with Crippen LogP contribution in [0.5, 0.6) is 5.75 Å². The van der Waals surface area contributed by atoms with Crippen LogP contribution < -0.4 is 5.56 Å². The number of benzene rings is 1. The summed E-state index contributed by atoms with van der Waals surface area (Å²) in [7, 11) is 0. The number of carboxylic acid groups (broad SMARTS) is 1. The molecule has 1 aliphatic carbocycles. The Hall–Kier alpha value is -3.39. The summed E-state index contributed by atoms with van der Waals surface area (Å²) in [5, 5.41) is 19.8. The summed E-state index contributed by atoms with van der Waals surface area (Å²) >= 11 is 0. The molecule has 0 amide bonds. The van der Waals surface area contributed by atoms with Crippen molar-refractivity contribution in [1.29, 1.82) is 0 Å². The molecular weight excluding hydrogens is 398 g/mol. The number of hydrogen-bond donors (Lipinski definition) is 3. The third-order valence-electron chi connectivity index (χ3n) is 5.63. The van der Waals surface area contributed by atoms with Crippen LogP contribution in [0.25, 0.3) is 11.4 Å². The molecule has 0 bridgehead atoms. The van der Waals surface area contributed by atoms with Gasteiger partial charge in [-0.1, -0.05) is 30.3 Å². The number of rotatable bonds is 7. The molecule has 162 valence electrons. The van der Waals surface area contributed by atoms with Crippen molar-refractivity contribution < 1.29 is 19.7 Å². The van der Waals surface area contributed by atoms with Crippen LogP contribution in [0.3, 0.4) is 0 Å². The standard InChI is InChI=1S/C23H25N3O5/c1-2-26-16-10-6-9-15-19(25-22(28)18(21(15)27)23(29)30)20(16)24-17(26)11-12-31-13-14-7-4-3-5-8-14/h3-5,7-8H,2,6,9-13H2,1H3,(H,29,30)(H2,25,27,28). The average molecular weight is 423 g/mol. The lowest BCUT2D eigenvalue weighted by Gasteiger charge is -2.09. The van der Waals surface area contributed by atoms with Crippen molar-refractivity contribution in [3.63, 3.8) is 0 Å². The summed E-state index contributed by atoms with van der Waals surface area (Å²) in [6.07, 6.45) is 2.51. The number of aromatic amines is 1. The van der Waals surface area contributed by atoms with Crippen molar-refractivity contribution >= 4 is 5.97 Å². The number of fused-ring (bicyclic) bond motifs is 3. The van der Waals surface area contributed by atoms with E-state index >= 15 is 0 Å². The number of aromatic nitrogens is 3. The molecule has 0 unspecified atom stereocenters. The molecule has 31 heavy (non-hydrogen) atoms. The van der Waals surface area contributed by atoms with E-state index in [1.54, 1.807) is 0 Å². The number of carbonyl (C=O) groups is 1. The zero-order valence-electron chi connectivity index (χ0n) is 17.4. The Bertz CT molecular complexity index is 1160. The third kappa shape index (κ3) is 3.98. The van der Waals surface area contributed by atoms with Gasteiger partial charge in [0.25, 0.3) is 5.56 Å². The van der Waals surface area contributed by atoms with Crippen molar-refractivity contribution in [2.24, 2.45) is 0 Å². The first-order valence-corrected chi connectivity index (χ1v) is 10.4. The normalized spacial score (nSPS) is 12.8. The van der Waals surface area contributed by atoms with Gasteiger partial charge >= 0.3 is 5.97 Å². The molecule has 1 aromatic carbocycles. The van der Waals surface area contributed by atoms with E-state index in [0.717, 1.165) is 30.0 Å². The van der Waals surface area contributed by atoms with E-state index in [-0.39, 0.29) is 0 Å². The highest BCUT2D eigenvalue weighted by Gasteiger charge is 2.28. The number of H-pyrrole nitrogens is 1. The SMILES string of the molecule is CCn1c(CCOCc2ccccc2)nc2c1CCCc1c-2[nH]c(=O)c(C(=O)O)c1O. The number of nitrogens with one attached hydrogen (secondary N) is 1. The largest absolute Gasteiger partial charge is 0.506 e. The van der Waals surface area contributed by atoms with Crippen LogP contribution in [0, 0.1) is 0 Å². The zero-order valence-corrected chi connectivity index (χ0v) is 17.4. The van der Waals surface area contributed by atoms with Crippen LogP contribution in [0.4, 0.5) is 0 Å². The van der Waals surface area contributed by atoms with Crippen molar-refractivity contribution in [3.05, 3.63) is 68.9 Å². The smallest absolute Gasteiger partial charge is 0.345 e. The Morgan fingerprint density at radius 2 is 2.03 bits per heavy atom. The molecule has 0 atom stereocenters. The number of carboxylic acids is 1. The molecule has 3 aromatic rings. The minimum absolute atomic E-state index is 0.415. The number of aromatic hydroxyl groups is 1. The Labute approximate surface area is 179 Å². The number of imidazole rings is 1. The molecule has 4 rings (SSSR count). The van der Waals surface area contributed by atoms with Crippen molar-refractivity contribution in [2.75, 3.05) is 6.61 Å². The van der Waals surface area contributed by atoms with Gasteiger partial charge in [-0.3, -0.25) is 4.79 Å². The van der Waals surface area contributed by atoms with Gasteiger partial charge in [0.15, 0.2) is 5.56 Å². The Morgan fingerprint density at radius 1 is 1.26 bits per heavy atom. The van der Waals surface area contributed by atoms with E-state index in [1.807, 2.05) is 37.3 Å². The van der Waals surface area contributed by atoms with E-state index in [4.69, 9.17) is 9.72 Å². The molecule has 0 aliphatic heterocycles. The monoisotopic (exact) mass is 423 g/mol. The fourth-order valence-electron chi connectivity index (χ4n) is 4.19. The van der Waals surface area contributed by atoms with Crippen LogP contribution in [0.2, 0.25) is 0 Å². The molecule has 0 radical (unpaired) electrons. The van der Waals surface area contributed by atoms with Gasteiger partial charge in [-0.2, -0.15) is 0 Å². The summed E-state index contributed by atoms with van der Waals surface area (Å²) in [5.41, 5.74) is 2.10. The summed E-state index contributed by atoms with van der Waals surface area (Å²) in [5.74, 6) is -1.06. The number of pyridine rings is 1. The number of hydrogen-bond acceptors (Lipinski definition) is 5. The molecule has 2 aromatic heterocycles. The fraction of sp³-hybridized carbons (Fsp3) is 0.348. The summed E-state index contributed by atoms with van der Waals surface area (Å²) in [6, 6.07) is 9.94. The molecule has 0 saturated carbocycles. The molecule has 2 heterocycles. The van der Waals surface area contributed by atoms with Crippen LogP contribution in [-0.2, 0) is 37.2 Å². The van der Waals surface area contributed by atoms with E-state index in [9.17, 15) is 19.8 Å². The molecule has 8 heteroatoms. The van der Waals surface area contributed by atoms with E-state index < -0.39 is 22.8 Å². The second kappa shape index (κ2) is 8.77. The predicted molar refractivity (Wildman–Crippen MR) is 114 cm³/mol. The van der Waals surface area contributed by atoms with E-state index in [0.29, 0.717) is 49.4 Å². The maximum Gasteiger partial charge on any atom is 0.345 e. The van der Waals surface area contributed by atoms with E-state index in [1.165, 1.54) is 0 Å².